The molecule has 4 rings (SSSR count). The monoisotopic (exact) mass is 368 g/mol. The molecule has 1 fully saturated rings. The van der Waals surface area contributed by atoms with Crippen molar-refractivity contribution in [1.82, 2.24) is 4.90 Å². The summed E-state index contributed by atoms with van der Waals surface area (Å²) in [6.45, 7) is 4.72. The van der Waals surface area contributed by atoms with Crippen LogP contribution in [-0.2, 0) is 11.3 Å². The number of benzene rings is 2. The fraction of sp³-hybridized carbons (Fsp3) is 0.381. The average Bonchev–Trinajstić information content (AvgIpc) is 2.70. The molecular formula is C21H24N2O4. The van der Waals surface area contributed by atoms with Crippen molar-refractivity contribution >= 4 is 11.6 Å². The summed E-state index contributed by atoms with van der Waals surface area (Å²) in [7, 11) is 1.61. The van der Waals surface area contributed by atoms with Crippen LogP contribution in [0.5, 0.6) is 17.2 Å². The number of methoxy groups -OCH3 is 1. The second kappa shape index (κ2) is 7.12. The molecule has 6 heteroatoms. The highest BCUT2D eigenvalue weighted by Gasteiger charge is 2.46. The number of rotatable bonds is 5. The fourth-order valence-corrected chi connectivity index (χ4v) is 3.49. The number of nitrogens with one attached hydrogen (secondary N) is 1. The minimum Gasteiger partial charge on any atom is -0.497 e. The maximum Gasteiger partial charge on any atom is 0.244 e. The van der Waals surface area contributed by atoms with E-state index in [1.807, 2.05) is 49.4 Å². The first kappa shape index (κ1) is 17.7. The number of anilines is 1. The van der Waals surface area contributed by atoms with E-state index in [1.54, 1.807) is 7.11 Å². The number of carbonyl (C=O) groups is 1. The van der Waals surface area contributed by atoms with E-state index in [4.69, 9.17) is 14.2 Å². The Morgan fingerprint density at radius 3 is 2.74 bits per heavy atom. The summed E-state index contributed by atoms with van der Waals surface area (Å²) < 4.78 is 16.5. The van der Waals surface area contributed by atoms with E-state index in [-0.39, 0.29) is 5.91 Å². The molecule has 1 atom stereocenters. The highest BCUT2D eigenvalue weighted by Crippen LogP contribution is 2.36. The summed E-state index contributed by atoms with van der Waals surface area (Å²) in [4.78, 5) is 15.1. The molecule has 0 radical (unpaired) electrons. The van der Waals surface area contributed by atoms with E-state index in [1.165, 1.54) is 0 Å². The lowest BCUT2D eigenvalue weighted by atomic mass is 9.85. The fourth-order valence-electron chi connectivity index (χ4n) is 3.49. The molecule has 0 aromatic heterocycles. The second-order valence-corrected chi connectivity index (χ2v) is 7.11. The van der Waals surface area contributed by atoms with Gasteiger partial charge >= 0.3 is 0 Å². The van der Waals surface area contributed by atoms with Crippen molar-refractivity contribution in [3.63, 3.8) is 0 Å². The smallest absolute Gasteiger partial charge is 0.244 e. The molecule has 0 saturated carbocycles. The Bertz CT molecular complexity index is 854. The van der Waals surface area contributed by atoms with E-state index >= 15 is 0 Å². The lowest BCUT2D eigenvalue weighted by Gasteiger charge is -2.49. The third-order valence-electron chi connectivity index (χ3n) is 5.36. The number of nitrogens with zero attached hydrogens (tertiary/aromatic N) is 1. The third kappa shape index (κ3) is 3.45. The van der Waals surface area contributed by atoms with Crippen LogP contribution in [0.2, 0.25) is 0 Å². The van der Waals surface area contributed by atoms with Gasteiger partial charge in [0, 0.05) is 24.8 Å². The Balaban J connectivity index is 1.44. The Morgan fingerprint density at radius 1 is 1.19 bits per heavy atom. The first-order chi connectivity index (χ1) is 13.1. The van der Waals surface area contributed by atoms with Gasteiger partial charge in [-0.15, -0.1) is 0 Å². The highest BCUT2D eigenvalue weighted by molar-refractivity contribution is 5.98. The topological polar surface area (TPSA) is 60.0 Å². The van der Waals surface area contributed by atoms with Crippen molar-refractivity contribution in [2.45, 2.75) is 25.4 Å². The van der Waals surface area contributed by atoms with Gasteiger partial charge in [-0.3, -0.25) is 9.69 Å². The lowest BCUT2D eigenvalue weighted by molar-refractivity contribution is -0.136. The largest absolute Gasteiger partial charge is 0.497 e. The molecule has 0 aliphatic carbocycles. The maximum absolute atomic E-state index is 12.9. The molecular weight excluding hydrogens is 344 g/mol. The van der Waals surface area contributed by atoms with Crippen molar-refractivity contribution in [3.05, 3.63) is 48.0 Å². The molecule has 2 heterocycles. The summed E-state index contributed by atoms with van der Waals surface area (Å²) >= 11 is 0. The van der Waals surface area contributed by atoms with Gasteiger partial charge in [0.1, 0.15) is 19.0 Å². The first-order valence-corrected chi connectivity index (χ1v) is 9.17. The lowest BCUT2D eigenvalue weighted by Crippen LogP contribution is -2.63. The number of ether oxygens (including phenoxy) is 3. The van der Waals surface area contributed by atoms with Crippen molar-refractivity contribution in [2.24, 2.45) is 0 Å². The van der Waals surface area contributed by atoms with Crippen molar-refractivity contribution in [1.29, 1.82) is 0 Å². The van der Waals surface area contributed by atoms with Crippen molar-refractivity contribution in [2.75, 3.05) is 32.2 Å². The molecule has 27 heavy (non-hydrogen) atoms. The van der Waals surface area contributed by atoms with E-state index in [0.717, 1.165) is 41.5 Å². The van der Waals surface area contributed by atoms with Crippen LogP contribution in [0.1, 0.15) is 18.9 Å². The molecule has 142 valence electrons. The molecule has 2 aromatic carbocycles. The van der Waals surface area contributed by atoms with E-state index in [9.17, 15) is 4.79 Å². The molecule has 2 aliphatic heterocycles. The molecule has 1 unspecified atom stereocenters. The zero-order valence-electron chi connectivity index (χ0n) is 15.7. The Morgan fingerprint density at radius 2 is 2.00 bits per heavy atom. The maximum atomic E-state index is 12.9. The van der Waals surface area contributed by atoms with Crippen LogP contribution in [0.4, 0.5) is 5.69 Å². The molecule has 1 saturated heterocycles. The number of fused-ring (bicyclic) bond motifs is 1. The van der Waals surface area contributed by atoms with Crippen LogP contribution in [0.15, 0.2) is 42.5 Å². The Hall–Kier alpha value is -2.73. The van der Waals surface area contributed by atoms with Gasteiger partial charge in [-0.1, -0.05) is 12.1 Å². The number of amides is 1. The van der Waals surface area contributed by atoms with Gasteiger partial charge in [-0.2, -0.15) is 0 Å². The summed E-state index contributed by atoms with van der Waals surface area (Å²) in [5.74, 6) is 2.29. The summed E-state index contributed by atoms with van der Waals surface area (Å²) in [5.41, 5.74) is 1.32. The van der Waals surface area contributed by atoms with Crippen LogP contribution < -0.4 is 19.5 Å². The molecule has 6 nitrogen and oxygen atoms in total. The van der Waals surface area contributed by atoms with E-state index in [2.05, 4.69) is 10.2 Å². The molecule has 0 bridgehead atoms. The van der Waals surface area contributed by atoms with Gasteiger partial charge in [-0.25, -0.2) is 0 Å². The Labute approximate surface area is 159 Å². The molecule has 1 amide bonds. The van der Waals surface area contributed by atoms with Crippen LogP contribution in [0, 0.1) is 0 Å². The zero-order valence-corrected chi connectivity index (χ0v) is 15.7. The van der Waals surface area contributed by atoms with Crippen molar-refractivity contribution in [3.8, 4) is 17.2 Å². The van der Waals surface area contributed by atoms with Crippen molar-refractivity contribution < 1.29 is 19.0 Å². The third-order valence-corrected chi connectivity index (χ3v) is 5.36. The molecule has 2 aliphatic rings. The standard InChI is InChI=1S/C21H24N2O4/c1-21(20(24)22-16-4-3-5-17(13-16)25-2)8-9-23(21)14-15-6-7-18-19(12-15)27-11-10-26-18/h3-7,12-13H,8-11,14H2,1-2H3,(H,22,24). The minimum absolute atomic E-state index is 0.000420. The van der Waals surface area contributed by atoms with Gasteiger partial charge in [-0.05, 0) is 43.2 Å². The normalized spacial score (nSPS) is 21.3. The quantitative estimate of drug-likeness (QED) is 0.879. The average molecular weight is 368 g/mol. The zero-order chi connectivity index (χ0) is 18.9. The summed E-state index contributed by atoms with van der Waals surface area (Å²) in [6.07, 6.45) is 0.827. The molecule has 2 aromatic rings. The number of likely N-dealkylation sites (tertiary alicyclic amines) is 1. The van der Waals surface area contributed by atoms with Gasteiger partial charge in [0.05, 0.1) is 12.6 Å². The van der Waals surface area contributed by atoms with Gasteiger partial charge in [0.25, 0.3) is 0 Å². The second-order valence-electron chi connectivity index (χ2n) is 7.11. The van der Waals surface area contributed by atoms with Crippen LogP contribution in [0.25, 0.3) is 0 Å². The highest BCUT2D eigenvalue weighted by atomic mass is 16.6. The van der Waals surface area contributed by atoms with E-state index in [0.29, 0.717) is 19.8 Å². The molecule has 1 N–H and O–H groups in total. The van der Waals surface area contributed by atoms with Gasteiger partial charge in [0.15, 0.2) is 11.5 Å². The van der Waals surface area contributed by atoms with Crippen LogP contribution in [-0.4, -0.2) is 43.2 Å². The number of carbonyl (C=O) groups excluding carboxylic acids is 1. The first-order valence-electron chi connectivity index (χ1n) is 9.17. The van der Waals surface area contributed by atoms with Gasteiger partial charge in [0.2, 0.25) is 5.91 Å². The Kier molecular flexibility index (Phi) is 4.66. The number of hydrogen-bond donors (Lipinski definition) is 1. The number of hydrogen-bond acceptors (Lipinski definition) is 5. The van der Waals surface area contributed by atoms with E-state index < -0.39 is 5.54 Å². The van der Waals surface area contributed by atoms with Gasteiger partial charge < -0.3 is 19.5 Å². The summed E-state index contributed by atoms with van der Waals surface area (Å²) in [6, 6.07) is 13.4. The predicted octanol–water partition coefficient (Wildman–Crippen LogP) is 3.07. The summed E-state index contributed by atoms with van der Waals surface area (Å²) in [5, 5.41) is 3.02. The minimum atomic E-state index is -0.531. The SMILES string of the molecule is COc1cccc(NC(=O)C2(C)CCN2Cc2ccc3c(c2)OCCO3)c1. The predicted molar refractivity (Wildman–Crippen MR) is 102 cm³/mol. The van der Waals surface area contributed by atoms with Crippen LogP contribution in [0.3, 0.4) is 0 Å². The van der Waals surface area contributed by atoms with Crippen LogP contribution >= 0.6 is 0 Å². The molecule has 0 spiro atoms.